The molecule has 16 amide bonds. The maximum absolute atomic E-state index is 15.5. The highest BCUT2D eigenvalue weighted by molar-refractivity contribution is 8.00. The molecule has 1 aliphatic heterocycles. The Morgan fingerprint density at radius 2 is 0.876 bits per heavy atom. The van der Waals surface area contributed by atoms with Crippen LogP contribution in [-0.4, -0.2) is 282 Å². The average molecular weight is 2030 g/mol. The van der Waals surface area contributed by atoms with Gasteiger partial charge in [0.2, 0.25) is 94.5 Å². The molecule has 1 fully saturated rings. The molecule has 23 N–H and O–H groups in total. The maximum atomic E-state index is 15.5. The number of rotatable bonds is 30. The lowest BCUT2D eigenvalue weighted by Gasteiger charge is -2.35. The number of aromatic amines is 1. The molecular formula is C102H132N18O24S. The minimum Gasteiger partial charge on any atom is -0.508 e. The number of carbonyl (C=O) groups is 19. The summed E-state index contributed by atoms with van der Waals surface area (Å²) < 4.78 is 0. The summed E-state index contributed by atoms with van der Waals surface area (Å²) in [4.78, 5) is 281. The summed E-state index contributed by atoms with van der Waals surface area (Å²) in [7, 11) is 2.45. The fourth-order valence-corrected chi connectivity index (χ4v) is 17.0. The van der Waals surface area contributed by atoms with Crippen molar-refractivity contribution in [2.24, 2.45) is 29.2 Å². The summed E-state index contributed by atoms with van der Waals surface area (Å²) in [6.45, 7) is 11.9. The van der Waals surface area contributed by atoms with Gasteiger partial charge in [-0.05, 0) is 127 Å². The second-order valence-corrected chi connectivity index (χ2v) is 38.0. The van der Waals surface area contributed by atoms with Gasteiger partial charge in [0.05, 0.1) is 18.3 Å². The zero-order valence-electron chi connectivity index (χ0n) is 82.4. The van der Waals surface area contributed by atoms with Crippen molar-refractivity contribution in [1.29, 1.82) is 0 Å². The molecule has 780 valence electrons. The van der Waals surface area contributed by atoms with Crippen molar-refractivity contribution in [2.75, 3.05) is 32.1 Å². The van der Waals surface area contributed by atoms with Crippen LogP contribution < -0.4 is 80.6 Å². The number of thioether (sulfide) groups is 1. The minimum atomic E-state index is -2.12. The smallest absolute Gasteiger partial charge is 0.305 e. The summed E-state index contributed by atoms with van der Waals surface area (Å²) in [6.07, 6.45) is -6.10. The number of nitrogens with one attached hydrogen (secondary N) is 14. The quantitative estimate of drug-likeness (QED) is 0.0298. The first-order valence-corrected chi connectivity index (χ1v) is 48.9. The molecule has 0 bridgehead atoms. The lowest BCUT2D eigenvalue weighted by molar-refractivity contribution is -0.148. The molecule has 145 heavy (non-hydrogen) atoms. The number of fused-ring (bicyclic) bond motifs is 1. The van der Waals surface area contributed by atoms with E-state index in [2.05, 4.69) is 74.1 Å². The van der Waals surface area contributed by atoms with E-state index in [9.17, 15) is 73.5 Å². The van der Waals surface area contributed by atoms with E-state index in [0.29, 0.717) is 44.9 Å². The molecule has 43 heteroatoms. The first-order chi connectivity index (χ1) is 68.8. The molecule has 6 aromatic carbocycles. The summed E-state index contributed by atoms with van der Waals surface area (Å²) in [6, 6.07) is 18.8. The number of carboxylic acid groups (broad SMARTS) is 3. The van der Waals surface area contributed by atoms with E-state index < -0.39 is 277 Å². The molecule has 0 radical (unpaired) electrons. The largest absolute Gasteiger partial charge is 0.508 e. The third-order valence-corrected chi connectivity index (χ3v) is 25.5. The van der Waals surface area contributed by atoms with Crippen molar-refractivity contribution in [3.05, 3.63) is 198 Å². The Kier molecular flexibility index (Phi) is 44.5. The molecule has 0 unspecified atom stereocenters. The van der Waals surface area contributed by atoms with Crippen LogP contribution >= 0.6 is 11.8 Å². The SMILES string of the molecule is CC(C)C[C@@H]1NC(=O)[C@H](CCCN)NC(=O)[C@H](Cc2ccccc2)N(C)C(=O)[C@H](C)N(C)C(=O)[C@H](CCC(=O)O)NC(=O)[C@H](Cc2ccc(-c3ccccc3)cc2)NC(=O)[C@H](C(C)C)NC(=O)[C@H](Cc2c[nH]c3ccccc23)NC(=O)[C@H](CC(=O)O)NC(=O)[C@H](Cc2ccc(O)cc2)NC(=O)[C@H](Cc2ccccc2)NC(=O)CSC[C@@H](C(=O)N[C@@H](CCC(=O)O)C(N)=O)NC(=O)[C@H]([C@@H](C)O)NC(=O)[C@H](C(C)C)NC1=O. The molecular weight excluding hydrogens is 1890 g/mol. The number of amides is 16. The Bertz CT molecular complexity index is 5680. The van der Waals surface area contributed by atoms with Crippen molar-refractivity contribution in [2.45, 2.75) is 236 Å². The third kappa shape index (κ3) is 35.7. The highest BCUT2D eigenvalue weighted by Crippen LogP contribution is 2.25. The molecule has 0 saturated carbocycles. The van der Waals surface area contributed by atoms with Crippen molar-refractivity contribution in [1.82, 2.24) is 83.9 Å². The van der Waals surface area contributed by atoms with Crippen LogP contribution in [0, 0.1) is 17.8 Å². The molecule has 1 aromatic heterocycles. The first-order valence-electron chi connectivity index (χ1n) is 47.7. The summed E-state index contributed by atoms with van der Waals surface area (Å²) in [5, 5.41) is 86.1. The maximum Gasteiger partial charge on any atom is 0.305 e. The lowest BCUT2D eigenvalue weighted by Crippen LogP contribution is -2.63. The van der Waals surface area contributed by atoms with E-state index in [0.717, 1.165) is 27.9 Å². The van der Waals surface area contributed by atoms with Gasteiger partial charge in [-0.1, -0.05) is 187 Å². The van der Waals surface area contributed by atoms with Crippen LogP contribution in [0.15, 0.2) is 170 Å². The van der Waals surface area contributed by atoms with E-state index in [1.54, 1.807) is 123 Å². The number of aliphatic hydroxyl groups excluding tert-OH is 1. The summed E-state index contributed by atoms with van der Waals surface area (Å²) in [5.74, 6) is -25.5. The number of benzene rings is 6. The van der Waals surface area contributed by atoms with Gasteiger partial charge < -0.3 is 121 Å². The highest BCUT2D eigenvalue weighted by Gasteiger charge is 2.43. The summed E-state index contributed by atoms with van der Waals surface area (Å²) >= 11 is 0.633. The number of nitrogens with zero attached hydrogens (tertiary/aromatic N) is 2. The van der Waals surface area contributed by atoms with Gasteiger partial charge in [0.15, 0.2) is 0 Å². The number of aliphatic carboxylic acids is 3. The number of primary amides is 1. The monoisotopic (exact) mass is 2020 g/mol. The van der Waals surface area contributed by atoms with Gasteiger partial charge in [-0.2, -0.15) is 0 Å². The molecule has 2 heterocycles. The Labute approximate surface area is 842 Å². The molecule has 0 spiro atoms. The van der Waals surface area contributed by atoms with Gasteiger partial charge in [0.1, 0.15) is 96.4 Å². The van der Waals surface area contributed by atoms with Crippen molar-refractivity contribution in [3.63, 3.8) is 0 Å². The Morgan fingerprint density at radius 3 is 1.41 bits per heavy atom. The number of aliphatic hydroxyl groups is 1. The topological polar surface area (TPSA) is 656 Å². The summed E-state index contributed by atoms with van der Waals surface area (Å²) in [5.41, 5.74) is 15.8. The van der Waals surface area contributed by atoms with Crippen molar-refractivity contribution < 1.29 is 117 Å². The number of likely N-dealkylation sites (N-methyl/N-ethyl adjacent to an activating group) is 2. The van der Waals surface area contributed by atoms with Gasteiger partial charge in [-0.3, -0.25) is 91.1 Å². The lowest BCUT2D eigenvalue weighted by atomic mass is 9.98. The average Bonchev–Trinajstić information content (AvgIpc) is 1.79. The van der Waals surface area contributed by atoms with E-state index in [4.69, 9.17) is 11.5 Å². The van der Waals surface area contributed by atoms with Crippen molar-refractivity contribution in [3.8, 4) is 16.9 Å². The number of nitrogens with two attached hydrogens (primary N) is 2. The van der Waals surface area contributed by atoms with Crippen molar-refractivity contribution >= 4 is 135 Å². The fourth-order valence-electron chi connectivity index (χ4n) is 16.2. The number of phenols is 1. The minimum absolute atomic E-state index is 0.0231. The second kappa shape index (κ2) is 56.1. The van der Waals surface area contributed by atoms with Gasteiger partial charge in [-0.15, -0.1) is 11.8 Å². The van der Waals surface area contributed by atoms with Crippen LogP contribution in [0.25, 0.3) is 22.0 Å². The number of H-pyrrole nitrogens is 1. The van der Waals surface area contributed by atoms with Crippen LogP contribution in [0.5, 0.6) is 5.75 Å². The van der Waals surface area contributed by atoms with Gasteiger partial charge in [0, 0.05) is 81.9 Å². The van der Waals surface area contributed by atoms with Crippen LogP contribution in [0.2, 0.25) is 0 Å². The predicted molar refractivity (Wildman–Crippen MR) is 535 cm³/mol. The molecule has 7 aromatic rings. The van der Waals surface area contributed by atoms with E-state index in [1.807, 2.05) is 30.3 Å². The van der Waals surface area contributed by atoms with Crippen LogP contribution in [-0.2, 0) is 123 Å². The molecule has 0 aliphatic carbocycles. The number of para-hydroxylation sites is 1. The number of aromatic hydroxyl groups is 1. The number of hydrogen-bond acceptors (Lipinski definition) is 23. The normalized spacial score (nSPS) is 22.8. The van der Waals surface area contributed by atoms with E-state index in [1.165, 1.54) is 79.2 Å². The third-order valence-electron chi connectivity index (χ3n) is 24.4. The molecule has 16 atom stereocenters. The van der Waals surface area contributed by atoms with E-state index in [-0.39, 0.29) is 62.3 Å². The fraction of sp³-hybridized carbons (Fsp3) is 0.441. The van der Waals surface area contributed by atoms with Crippen LogP contribution in [0.1, 0.15) is 135 Å². The number of aromatic nitrogens is 1. The molecule has 42 nitrogen and oxygen atoms in total. The second-order valence-electron chi connectivity index (χ2n) is 37.0. The predicted octanol–water partition coefficient (Wildman–Crippen LogP) is 0.944. The number of carboxylic acids is 3. The standard InChI is InChI=1S/C102H132N18O24S/c1-55(2)45-73-94(136)117-86(57(5)6)99(141)118-87(59(8)121)100(142)115-79(96(138)107-70(88(104)130)40-42-82(124)125)53-145-54-81(123)106-74(46-60-23-14-11-15-24-60)90(132)111-75(48-63-34-38-67(122)39-35-63)92(134)113-78(51-84(128)129)93(135)112-77(50-66-52-105-69-30-21-20-29-68(66)69)95(137)116-85(56(3)4)98(140)114-76(47-62-32-36-65(37-33-62)64-27-18-13-19-28-64)91(133)109-72(41-43-83(126)127)102(144)119(9)58(7)101(143)120(10)80(49-61-25-16-12-17-26-61)97(139)108-71(31-22-44-103)89(131)110-73/h11-21,23-30,32-39,52,55-59,70-80,85-87,105,121-122H,22,31,40-51,53-54,103H2,1-10H3,(H2,104,130)(H,106,123)(H,107,138)(H,108,139)(H,109,133)(H,110,131)(H,111,132)(H,112,135)(H,113,134)(H,114,140)(H,115,142)(H,116,137)(H,117,136)(H,118,141)(H,124,125)(H,126,127)(H,128,129)/t58-,59+,70-,71-,72-,73-,74-,75-,76-,77-,78-,79-,80-,85-,86-,87-/m0/s1. The van der Waals surface area contributed by atoms with Gasteiger partial charge in [-0.25, -0.2) is 0 Å². The van der Waals surface area contributed by atoms with Gasteiger partial charge in [0.25, 0.3) is 0 Å². The zero-order valence-corrected chi connectivity index (χ0v) is 83.2. The number of carbonyl (C=O) groups excluding carboxylic acids is 16. The Hall–Kier alpha value is -15.1. The molecule has 1 aliphatic rings. The van der Waals surface area contributed by atoms with Crippen LogP contribution in [0.4, 0.5) is 0 Å². The van der Waals surface area contributed by atoms with Crippen LogP contribution in [0.3, 0.4) is 0 Å². The Morgan fingerprint density at radius 1 is 0.441 bits per heavy atom. The number of hydrogen-bond donors (Lipinski definition) is 21. The number of phenolic OH excluding ortho intramolecular Hbond substituents is 1. The van der Waals surface area contributed by atoms with E-state index >= 15 is 43.2 Å². The highest BCUT2D eigenvalue weighted by atomic mass is 32.2. The Balaban J connectivity index is 1.24. The first kappa shape index (κ1) is 115. The zero-order chi connectivity index (χ0) is 107. The molecule has 8 rings (SSSR count). The van der Waals surface area contributed by atoms with Gasteiger partial charge >= 0.3 is 17.9 Å². The molecule has 1 saturated heterocycles.